The lowest BCUT2D eigenvalue weighted by atomic mass is 9.94. The normalized spacial score (nSPS) is 11.9. The minimum absolute atomic E-state index is 0.841. The number of anilines is 3. The highest BCUT2D eigenvalue weighted by atomic mass is 16.3. The minimum Gasteiger partial charge on any atom is -0.456 e. The van der Waals surface area contributed by atoms with Crippen molar-refractivity contribution < 1.29 is 8.83 Å². The summed E-state index contributed by atoms with van der Waals surface area (Å²) in [7, 11) is 0. The molecule has 0 N–H and O–H groups in total. The molecule has 0 amide bonds. The average molecular weight is 793 g/mol. The van der Waals surface area contributed by atoms with Crippen LogP contribution in [0.5, 0.6) is 0 Å². The first kappa shape index (κ1) is 34.5. The molecule has 4 heteroatoms. The number of hydrogen-bond donors (Lipinski definition) is 0. The zero-order chi connectivity index (χ0) is 40.7. The van der Waals surface area contributed by atoms with Crippen molar-refractivity contribution >= 4 is 93.5 Å². The van der Waals surface area contributed by atoms with Crippen LogP contribution in [0, 0.1) is 0 Å². The molecule has 13 rings (SSSR count). The second kappa shape index (κ2) is 13.6. The van der Waals surface area contributed by atoms with Gasteiger partial charge in [-0.1, -0.05) is 152 Å². The Bertz CT molecular complexity index is 3840. The lowest BCUT2D eigenvalue weighted by Gasteiger charge is -2.31. The molecule has 0 saturated heterocycles. The van der Waals surface area contributed by atoms with E-state index in [0.29, 0.717) is 0 Å². The molecule has 290 valence electrons. The van der Waals surface area contributed by atoms with Gasteiger partial charge in [0, 0.05) is 54.5 Å². The Kier molecular flexibility index (Phi) is 7.57. The van der Waals surface area contributed by atoms with Crippen molar-refractivity contribution in [3.8, 4) is 27.9 Å². The molecule has 0 aliphatic heterocycles. The summed E-state index contributed by atoms with van der Waals surface area (Å²) in [5.74, 6) is 0. The van der Waals surface area contributed by atoms with Gasteiger partial charge in [-0.2, -0.15) is 0 Å². The van der Waals surface area contributed by atoms with Crippen LogP contribution in [0.3, 0.4) is 0 Å². The number of benzene rings is 10. The summed E-state index contributed by atoms with van der Waals surface area (Å²) >= 11 is 0. The summed E-state index contributed by atoms with van der Waals surface area (Å²) < 4.78 is 15.9. The molecular weight excluding hydrogens is 757 g/mol. The molecule has 0 fully saturated rings. The molecule has 0 aliphatic carbocycles. The zero-order valence-corrected chi connectivity index (χ0v) is 33.5. The maximum absolute atomic E-state index is 7.02. The molecule has 10 aromatic carbocycles. The molecular formula is C58H36N2O2. The third kappa shape index (κ3) is 5.14. The zero-order valence-electron chi connectivity index (χ0n) is 33.5. The average Bonchev–Trinajstić information content (AvgIpc) is 4.02. The van der Waals surface area contributed by atoms with E-state index in [9.17, 15) is 0 Å². The van der Waals surface area contributed by atoms with Crippen LogP contribution in [0.1, 0.15) is 0 Å². The van der Waals surface area contributed by atoms with E-state index in [2.05, 4.69) is 216 Å². The Hall–Kier alpha value is -8.34. The van der Waals surface area contributed by atoms with Gasteiger partial charge >= 0.3 is 0 Å². The van der Waals surface area contributed by atoms with Gasteiger partial charge in [0.15, 0.2) is 0 Å². The molecule has 3 heterocycles. The number of rotatable bonds is 6. The molecule has 13 aromatic rings. The van der Waals surface area contributed by atoms with Crippen LogP contribution in [-0.4, -0.2) is 4.57 Å². The summed E-state index contributed by atoms with van der Waals surface area (Å²) in [6.07, 6.45) is 0. The Morgan fingerprint density at radius 2 is 0.935 bits per heavy atom. The van der Waals surface area contributed by atoms with E-state index in [1.807, 2.05) is 12.1 Å². The van der Waals surface area contributed by atoms with Crippen molar-refractivity contribution in [1.82, 2.24) is 4.57 Å². The number of furan rings is 2. The van der Waals surface area contributed by atoms with Crippen LogP contribution in [0.4, 0.5) is 17.1 Å². The summed E-state index contributed by atoms with van der Waals surface area (Å²) in [4.78, 5) is 2.45. The molecule has 0 unspecified atom stereocenters. The van der Waals surface area contributed by atoms with Crippen molar-refractivity contribution in [3.05, 3.63) is 218 Å². The predicted octanol–water partition coefficient (Wildman–Crippen LogP) is 16.5. The Morgan fingerprint density at radius 1 is 0.355 bits per heavy atom. The largest absolute Gasteiger partial charge is 0.456 e. The van der Waals surface area contributed by atoms with Crippen molar-refractivity contribution in [2.45, 2.75) is 0 Å². The second-order valence-corrected chi connectivity index (χ2v) is 16.0. The van der Waals surface area contributed by atoms with Gasteiger partial charge in [0.2, 0.25) is 0 Å². The molecule has 0 bridgehead atoms. The Labute approximate surface area is 356 Å². The van der Waals surface area contributed by atoms with Crippen LogP contribution >= 0.6 is 0 Å². The van der Waals surface area contributed by atoms with E-state index < -0.39 is 0 Å². The van der Waals surface area contributed by atoms with Crippen molar-refractivity contribution in [2.24, 2.45) is 0 Å². The molecule has 3 aromatic heterocycles. The molecule has 0 atom stereocenters. The number of para-hydroxylation sites is 5. The van der Waals surface area contributed by atoms with Crippen LogP contribution in [-0.2, 0) is 0 Å². The summed E-state index contributed by atoms with van der Waals surface area (Å²) in [6.45, 7) is 0. The van der Waals surface area contributed by atoms with Crippen molar-refractivity contribution in [2.75, 3.05) is 4.90 Å². The van der Waals surface area contributed by atoms with Gasteiger partial charge in [0.05, 0.1) is 28.1 Å². The van der Waals surface area contributed by atoms with Crippen LogP contribution in [0.25, 0.3) is 104 Å². The lowest BCUT2D eigenvalue weighted by Crippen LogP contribution is -2.13. The number of hydrogen-bond acceptors (Lipinski definition) is 3. The number of nitrogens with zero attached hydrogens (tertiary/aromatic N) is 2. The molecule has 4 nitrogen and oxygen atoms in total. The minimum atomic E-state index is 0.841. The van der Waals surface area contributed by atoms with Gasteiger partial charge in [-0.3, -0.25) is 0 Å². The second-order valence-electron chi connectivity index (χ2n) is 16.0. The van der Waals surface area contributed by atoms with Gasteiger partial charge < -0.3 is 18.3 Å². The molecule has 0 spiro atoms. The Morgan fingerprint density at radius 3 is 1.76 bits per heavy atom. The third-order valence-corrected chi connectivity index (χ3v) is 12.6. The fourth-order valence-corrected chi connectivity index (χ4v) is 9.93. The highest BCUT2D eigenvalue weighted by Gasteiger charge is 2.27. The monoisotopic (exact) mass is 792 g/mol. The van der Waals surface area contributed by atoms with E-state index >= 15 is 0 Å². The summed E-state index contributed by atoms with van der Waals surface area (Å²) in [6, 6.07) is 78.0. The Balaban J connectivity index is 1.14. The molecule has 0 radical (unpaired) electrons. The van der Waals surface area contributed by atoms with E-state index in [4.69, 9.17) is 8.83 Å². The maximum Gasteiger partial charge on any atom is 0.145 e. The molecule has 0 saturated carbocycles. The molecule has 0 aliphatic rings. The van der Waals surface area contributed by atoms with Crippen molar-refractivity contribution in [1.29, 1.82) is 0 Å². The highest BCUT2D eigenvalue weighted by molar-refractivity contribution is 6.17. The number of fused-ring (bicyclic) bond motifs is 10. The van der Waals surface area contributed by atoms with E-state index in [0.717, 1.165) is 99.7 Å². The highest BCUT2D eigenvalue weighted by Crippen LogP contribution is 2.51. The summed E-state index contributed by atoms with van der Waals surface area (Å²) in [5.41, 5.74) is 14.2. The smallest absolute Gasteiger partial charge is 0.145 e. The van der Waals surface area contributed by atoms with E-state index in [1.165, 1.54) is 21.8 Å². The van der Waals surface area contributed by atoms with Gasteiger partial charge in [0.1, 0.15) is 22.3 Å². The fraction of sp³-hybridized carbons (Fsp3) is 0. The van der Waals surface area contributed by atoms with Gasteiger partial charge in [-0.15, -0.1) is 0 Å². The van der Waals surface area contributed by atoms with Gasteiger partial charge in [-0.25, -0.2) is 0 Å². The van der Waals surface area contributed by atoms with Crippen molar-refractivity contribution in [3.63, 3.8) is 0 Å². The van der Waals surface area contributed by atoms with Gasteiger partial charge in [-0.05, 0) is 83.2 Å². The first-order valence-electron chi connectivity index (χ1n) is 21.1. The van der Waals surface area contributed by atoms with Crippen LogP contribution < -0.4 is 4.90 Å². The number of aromatic nitrogens is 1. The fourth-order valence-electron chi connectivity index (χ4n) is 9.93. The molecule has 62 heavy (non-hydrogen) atoms. The SMILES string of the molecule is c1cc(-c2c(N(c3ccccc3-c3cccc4oc5ccccc5c34)c3cccc4ccccc34)ccc3c2oc2ccccc23)cc(-n2c3ccccc3c3ccccc32)c1. The first-order valence-corrected chi connectivity index (χ1v) is 21.1. The van der Waals surface area contributed by atoms with Crippen LogP contribution in [0.2, 0.25) is 0 Å². The lowest BCUT2D eigenvalue weighted by molar-refractivity contribution is 0.669. The van der Waals surface area contributed by atoms with E-state index in [-0.39, 0.29) is 0 Å². The van der Waals surface area contributed by atoms with E-state index in [1.54, 1.807) is 0 Å². The standard InChI is InChI=1S/C58H36N2O2/c1-2-20-40-37(16-1)17-14-30-48(40)60(51-29-10-5-23-43(51)45-26-15-33-55-57(45)47-25-7-12-32-54(47)61-55)52-35-34-46-44-24-6-11-31-53(44)62-58(46)56(52)38-18-13-19-39(36-38)59-49-27-8-3-21-41(49)42-22-4-9-28-50(42)59/h1-36H. The quantitative estimate of drug-likeness (QED) is 0.168. The first-order chi connectivity index (χ1) is 30.8. The summed E-state index contributed by atoms with van der Waals surface area (Å²) in [5, 5.41) is 9.12. The topological polar surface area (TPSA) is 34.5 Å². The maximum atomic E-state index is 7.02. The predicted molar refractivity (Wildman–Crippen MR) is 258 cm³/mol. The van der Waals surface area contributed by atoms with Crippen LogP contribution in [0.15, 0.2) is 227 Å². The van der Waals surface area contributed by atoms with Gasteiger partial charge in [0.25, 0.3) is 0 Å². The third-order valence-electron chi connectivity index (χ3n) is 12.6.